The van der Waals surface area contributed by atoms with Gasteiger partial charge in [0.15, 0.2) is 5.82 Å². The lowest BCUT2D eigenvalue weighted by Crippen LogP contribution is -2.55. The molecule has 0 radical (unpaired) electrons. The molecule has 1 amide bonds. The summed E-state index contributed by atoms with van der Waals surface area (Å²) in [7, 11) is 0. The van der Waals surface area contributed by atoms with Gasteiger partial charge in [0.2, 0.25) is 5.91 Å². The van der Waals surface area contributed by atoms with Crippen LogP contribution in [0.3, 0.4) is 0 Å². The molecule has 2 aromatic heterocycles. The van der Waals surface area contributed by atoms with E-state index in [-0.39, 0.29) is 54.3 Å². The number of halogens is 3. The molecule has 0 spiro atoms. The number of carbonyl (C=O) groups excluding carboxylic acids is 1. The molecule has 0 unspecified atom stereocenters. The first-order chi connectivity index (χ1) is 26.1. The van der Waals surface area contributed by atoms with E-state index >= 15 is 4.39 Å². The van der Waals surface area contributed by atoms with E-state index in [4.69, 9.17) is 26.1 Å². The van der Waals surface area contributed by atoms with E-state index in [2.05, 4.69) is 25.8 Å². The zero-order valence-corrected chi connectivity index (χ0v) is 31.6. The minimum absolute atomic E-state index is 0.00406. The first kappa shape index (κ1) is 37.0. The van der Waals surface area contributed by atoms with Gasteiger partial charge in [-0.25, -0.2) is 8.78 Å². The van der Waals surface area contributed by atoms with Gasteiger partial charge in [0, 0.05) is 75.1 Å². The molecule has 4 aliphatic heterocycles. The van der Waals surface area contributed by atoms with Crippen LogP contribution in [0.5, 0.6) is 6.01 Å². The molecule has 286 valence electrons. The van der Waals surface area contributed by atoms with Crippen LogP contribution >= 0.6 is 11.6 Å². The number of morpholine rings is 1. The zero-order valence-electron chi connectivity index (χ0n) is 30.9. The number of alkyl halides is 1. The number of fused-ring (bicyclic) bond motifs is 2. The van der Waals surface area contributed by atoms with Crippen LogP contribution in [0.4, 0.5) is 14.6 Å². The Morgan fingerprint density at radius 2 is 1.96 bits per heavy atom. The van der Waals surface area contributed by atoms with E-state index in [0.29, 0.717) is 60.9 Å². The molecule has 1 aliphatic carbocycles. The number of aromatic nitrogens is 3. The molecule has 0 N–H and O–H groups in total. The summed E-state index contributed by atoms with van der Waals surface area (Å²) < 4.78 is 43.7. The zero-order chi connectivity index (χ0) is 37.6. The van der Waals surface area contributed by atoms with E-state index in [1.165, 1.54) is 0 Å². The largest absolute Gasteiger partial charge is 0.461 e. The van der Waals surface area contributed by atoms with Crippen molar-refractivity contribution in [2.24, 2.45) is 0 Å². The third kappa shape index (κ3) is 7.38. The number of piperazine rings is 1. The maximum absolute atomic E-state index is 16.9. The number of nitrogens with zero attached hydrogens (tertiary/aromatic N) is 8. The lowest BCUT2D eigenvalue weighted by Gasteiger charge is -2.41. The Hall–Kier alpha value is -3.96. The maximum atomic E-state index is 16.9. The molecule has 54 heavy (non-hydrogen) atoms. The molecule has 1 aromatic carbocycles. The second kappa shape index (κ2) is 15.3. The Morgan fingerprint density at radius 1 is 1.15 bits per heavy atom. The fourth-order valence-corrected chi connectivity index (χ4v) is 9.47. The van der Waals surface area contributed by atoms with Crippen LogP contribution in [0.15, 0.2) is 36.5 Å². The van der Waals surface area contributed by atoms with Crippen LogP contribution in [0.2, 0.25) is 5.02 Å². The van der Waals surface area contributed by atoms with Gasteiger partial charge < -0.3 is 19.3 Å². The monoisotopic (exact) mass is 760 g/mol. The summed E-state index contributed by atoms with van der Waals surface area (Å²) in [6, 6.07) is 7.28. The van der Waals surface area contributed by atoms with Gasteiger partial charge in [-0.15, -0.1) is 0 Å². The fraction of sp³-hybridized carbons (Fsp3) is 0.575. The molecule has 5 atom stereocenters. The van der Waals surface area contributed by atoms with E-state index in [1.54, 1.807) is 23.2 Å². The van der Waals surface area contributed by atoms with E-state index < -0.39 is 23.6 Å². The van der Waals surface area contributed by atoms with Crippen LogP contribution in [-0.4, -0.2) is 124 Å². The SMILES string of the molecule is C[C@H]1CN(C/C=C/C(=O)N2CCN(c3nc(OC[C@@]45CCCN4C[C@H](F)C5)nc4c(F)c(-c5cccc(Cl)c5C5CC5)ncc34)C[C@@H]2CC#N)C[C@H](C)O1. The second-order valence-electron chi connectivity index (χ2n) is 15.7. The van der Waals surface area contributed by atoms with Crippen LogP contribution in [0.1, 0.15) is 63.9 Å². The molecular formula is C40H47ClF2N8O3. The number of hydrogen-bond donors (Lipinski definition) is 0. The van der Waals surface area contributed by atoms with Crippen molar-refractivity contribution in [3.05, 3.63) is 53.0 Å². The van der Waals surface area contributed by atoms with Crippen molar-refractivity contribution in [3.8, 4) is 23.3 Å². The van der Waals surface area contributed by atoms with Crippen molar-refractivity contribution in [1.29, 1.82) is 5.26 Å². The van der Waals surface area contributed by atoms with Crippen molar-refractivity contribution in [2.75, 3.05) is 63.9 Å². The molecule has 11 nitrogen and oxygen atoms in total. The van der Waals surface area contributed by atoms with Crippen LogP contribution in [0, 0.1) is 17.1 Å². The molecule has 8 rings (SSSR count). The molecule has 4 saturated heterocycles. The number of pyridine rings is 1. The molecule has 14 heteroatoms. The summed E-state index contributed by atoms with van der Waals surface area (Å²) in [5.41, 5.74) is 1.29. The van der Waals surface area contributed by atoms with Crippen molar-refractivity contribution in [2.45, 2.75) is 88.3 Å². The highest BCUT2D eigenvalue weighted by Crippen LogP contribution is 2.48. The number of amides is 1. The summed E-state index contributed by atoms with van der Waals surface area (Å²) in [4.78, 5) is 35.8. The summed E-state index contributed by atoms with van der Waals surface area (Å²) in [5, 5.41) is 10.8. The Labute approximate surface area is 319 Å². The topological polar surface area (TPSA) is 111 Å². The lowest BCUT2D eigenvalue weighted by molar-refractivity contribution is -0.128. The maximum Gasteiger partial charge on any atom is 0.319 e. The molecule has 0 bridgehead atoms. The third-order valence-corrected chi connectivity index (χ3v) is 12.0. The number of hydrogen-bond acceptors (Lipinski definition) is 10. The number of rotatable bonds is 10. The van der Waals surface area contributed by atoms with Crippen molar-refractivity contribution >= 4 is 34.2 Å². The normalized spacial score (nSPS) is 27.9. The molecule has 5 fully saturated rings. The molecule has 5 aliphatic rings. The van der Waals surface area contributed by atoms with E-state index in [9.17, 15) is 14.4 Å². The number of carbonyl (C=O) groups is 1. The van der Waals surface area contributed by atoms with E-state index in [0.717, 1.165) is 50.9 Å². The number of anilines is 1. The lowest BCUT2D eigenvalue weighted by atomic mass is 9.95. The van der Waals surface area contributed by atoms with Crippen molar-refractivity contribution < 1.29 is 23.0 Å². The summed E-state index contributed by atoms with van der Waals surface area (Å²) in [6.45, 7) is 8.71. The van der Waals surface area contributed by atoms with Crippen molar-refractivity contribution in [1.82, 2.24) is 29.7 Å². The minimum Gasteiger partial charge on any atom is -0.461 e. The average Bonchev–Trinajstić information content (AvgIpc) is 3.83. The molecule has 3 aromatic rings. The molecule has 6 heterocycles. The Balaban J connectivity index is 1.10. The summed E-state index contributed by atoms with van der Waals surface area (Å²) in [6.07, 6.45) is 8.61. The third-order valence-electron chi connectivity index (χ3n) is 11.7. The predicted molar refractivity (Wildman–Crippen MR) is 202 cm³/mol. The highest BCUT2D eigenvalue weighted by molar-refractivity contribution is 6.32. The van der Waals surface area contributed by atoms with Gasteiger partial charge in [0.1, 0.15) is 29.8 Å². The number of nitriles is 1. The first-order valence-corrected chi connectivity index (χ1v) is 19.6. The van der Waals surface area contributed by atoms with Crippen LogP contribution in [0.25, 0.3) is 22.2 Å². The number of benzene rings is 1. The standard InChI is InChI=1S/C40H47ClF2N8O3/c1-25-20-48(21-26(2)54-25)14-4-8-33(52)51-17-16-49(23-29(51)11-13-44)38-31-19-45-36(30-6-3-7-32(41)34(30)27-9-10-27)35(43)37(31)46-39(47-38)53-24-40-12-5-15-50(40)22-28(42)18-40/h3-4,6-8,19,25-29H,5,9-12,14-18,20-24H2,1-2H3/b8-4+/t25-,26-,28+,29-,40-/m0/s1. The van der Waals surface area contributed by atoms with Gasteiger partial charge in [0.25, 0.3) is 0 Å². The quantitative estimate of drug-likeness (QED) is 0.231. The minimum atomic E-state index is -0.927. The highest BCUT2D eigenvalue weighted by Gasteiger charge is 2.49. The fourth-order valence-electron chi connectivity index (χ4n) is 9.14. The van der Waals surface area contributed by atoms with Gasteiger partial charge in [-0.2, -0.15) is 15.2 Å². The van der Waals surface area contributed by atoms with Gasteiger partial charge in [-0.1, -0.05) is 29.8 Å². The van der Waals surface area contributed by atoms with E-state index in [1.807, 2.05) is 37.0 Å². The molecule has 1 saturated carbocycles. The average molecular weight is 761 g/mol. The van der Waals surface area contributed by atoms with Crippen LogP contribution < -0.4 is 9.64 Å². The molecular weight excluding hydrogens is 714 g/mol. The summed E-state index contributed by atoms with van der Waals surface area (Å²) in [5.74, 6) is -0.0954. The Kier molecular flexibility index (Phi) is 10.5. The smallest absolute Gasteiger partial charge is 0.319 e. The Morgan fingerprint density at radius 3 is 2.74 bits per heavy atom. The second-order valence-corrected chi connectivity index (χ2v) is 16.1. The van der Waals surface area contributed by atoms with Gasteiger partial charge >= 0.3 is 6.01 Å². The van der Waals surface area contributed by atoms with Gasteiger partial charge in [-0.3, -0.25) is 19.6 Å². The van der Waals surface area contributed by atoms with Crippen LogP contribution in [-0.2, 0) is 9.53 Å². The van der Waals surface area contributed by atoms with Gasteiger partial charge in [-0.05, 0) is 63.6 Å². The number of ether oxygens (including phenoxy) is 2. The van der Waals surface area contributed by atoms with Crippen molar-refractivity contribution in [3.63, 3.8) is 0 Å². The van der Waals surface area contributed by atoms with Gasteiger partial charge in [0.05, 0.1) is 41.7 Å². The predicted octanol–water partition coefficient (Wildman–Crippen LogP) is 5.91. The summed E-state index contributed by atoms with van der Waals surface area (Å²) >= 11 is 6.65. The highest BCUT2D eigenvalue weighted by atomic mass is 35.5. The Bertz CT molecular complexity index is 1970. The first-order valence-electron chi connectivity index (χ1n) is 19.3.